The maximum Gasteiger partial charge on any atom is 0.352 e. The lowest BCUT2D eigenvalue weighted by Gasteiger charge is -2.06. The van der Waals surface area contributed by atoms with Crippen LogP contribution in [0.3, 0.4) is 0 Å². The molecule has 1 aromatic carbocycles. The fourth-order valence-electron chi connectivity index (χ4n) is 2.76. The Hall–Kier alpha value is -2.71. The van der Waals surface area contributed by atoms with Crippen molar-refractivity contribution in [3.8, 4) is 0 Å². The summed E-state index contributed by atoms with van der Waals surface area (Å²) in [5.41, 5.74) is 1.63. The number of anilines is 1. The lowest BCUT2D eigenvalue weighted by molar-refractivity contribution is -0.117. The summed E-state index contributed by atoms with van der Waals surface area (Å²) in [7, 11) is 0. The molecular formula is C17H14ClN5O2S. The van der Waals surface area contributed by atoms with E-state index in [4.69, 9.17) is 11.6 Å². The summed E-state index contributed by atoms with van der Waals surface area (Å²) in [6, 6.07) is 6.91. The van der Waals surface area contributed by atoms with Crippen LogP contribution >= 0.6 is 22.9 Å². The Labute approximate surface area is 156 Å². The molecule has 26 heavy (non-hydrogen) atoms. The van der Waals surface area contributed by atoms with Gasteiger partial charge in [-0.3, -0.25) is 4.79 Å². The number of rotatable bonds is 3. The topological polar surface area (TPSA) is 81.3 Å². The molecule has 4 aromatic rings. The van der Waals surface area contributed by atoms with Gasteiger partial charge in [-0.2, -0.15) is 0 Å². The van der Waals surface area contributed by atoms with E-state index < -0.39 is 5.69 Å². The lowest BCUT2D eigenvalue weighted by atomic mass is 10.2. The van der Waals surface area contributed by atoms with E-state index in [9.17, 15) is 9.59 Å². The van der Waals surface area contributed by atoms with Gasteiger partial charge in [0.25, 0.3) is 0 Å². The summed E-state index contributed by atoms with van der Waals surface area (Å²) in [5.74, 6) is -0.383. The van der Waals surface area contributed by atoms with E-state index in [0.29, 0.717) is 16.4 Å². The Kier molecular flexibility index (Phi) is 4.01. The summed E-state index contributed by atoms with van der Waals surface area (Å²) in [6.45, 7) is 3.77. The Bertz CT molecular complexity index is 1220. The second-order valence-corrected chi connectivity index (χ2v) is 7.48. The second kappa shape index (κ2) is 6.22. The van der Waals surface area contributed by atoms with Crippen LogP contribution in [0.4, 0.5) is 5.69 Å². The first-order chi connectivity index (χ1) is 12.5. The minimum Gasteiger partial charge on any atom is -0.323 e. The Morgan fingerprint density at radius 3 is 2.85 bits per heavy atom. The normalized spacial score (nSPS) is 11.3. The second-order valence-electron chi connectivity index (χ2n) is 5.87. The van der Waals surface area contributed by atoms with E-state index in [1.165, 1.54) is 10.7 Å². The predicted molar refractivity (Wildman–Crippen MR) is 102 cm³/mol. The number of benzene rings is 1. The first-order valence-electron chi connectivity index (χ1n) is 7.84. The fraction of sp³-hybridized carbons (Fsp3) is 0.176. The van der Waals surface area contributed by atoms with E-state index in [0.717, 1.165) is 25.3 Å². The highest BCUT2D eigenvalue weighted by atomic mass is 35.5. The summed E-state index contributed by atoms with van der Waals surface area (Å²) in [5, 5.41) is 8.32. The van der Waals surface area contributed by atoms with Gasteiger partial charge in [-0.15, -0.1) is 16.4 Å². The van der Waals surface area contributed by atoms with E-state index in [1.54, 1.807) is 35.6 Å². The van der Waals surface area contributed by atoms with Gasteiger partial charge < -0.3 is 5.32 Å². The number of hydrogen-bond acceptors (Lipinski definition) is 5. The van der Waals surface area contributed by atoms with Crippen LogP contribution in [0.1, 0.15) is 10.4 Å². The zero-order chi connectivity index (χ0) is 18.4. The van der Waals surface area contributed by atoms with Crippen LogP contribution in [-0.2, 0) is 11.3 Å². The molecule has 0 atom stereocenters. The first kappa shape index (κ1) is 16.7. The van der Waals surface area contributed by atoms with Crippen molar-refractivity contribution in [2.24, 2.45) is 0 Å². The highest BCUT2D eigenvalue weighted by molar-refractivity contribution is 7.18. The molecule has 1 N–H and O–H groups in total. The largest absolute Gasteiger partial charge is 0.352 e. The monoisotopic (exact) mass is 387 g/mol. The molecule has 1 amide bonds. The number of para-hydroxylation sites is 1. The molecule has 0 saturated carbocycles. The van der Waals surface area contributed by atoms with Gasteiger partial charge in [0.05, 0.1) is 16.1 Å². The quantitative estimate of drug-likeness (QED) is 0.586. The molecule has 4 rings (SSSR count). The summed E-state index contributed by atoms with van der Waals surface area (Å²) >= 11 is 7.60. The number of fused-ring (bicyclic) bond motifs is 3. The number of thiophene rings is 1. The fourth-order valence-corrected chi connectivity index (χ4v) is 3.93. The predicted octanol–water partition coefficient (Wildman–Crippen LogP) is 3.01. The van der Waals surface area contributed by atoms with Gasteiger partial charge in [-0.25, -0.2) is 18.9 Å². The van der Waals surface area contributed by atoms with Gasteiger partial charge >= 0.3 is 5.69 Å². The third kappa shape index (κ3) is 2.67. The number of nitrogens with zero attached hydrogens (tertiary/aromatic N) is 4. The third-order valence-corrected chi connectivity index (χ3v) is 5.64. The number of aryl methyl sites for hydroxylation is 2. The van der Waals surface area contributed by atoms with Crippen molar-refractivity contribution in [1.82, 2.24) is 19.2 Å². The molecule has 0 radical (unpaired) electrons. The molecule has 0 bridgehead atoms. The Morgan fingerprint density at radius 2 is 2.08 bits per heavy atom. The summed E-state index contributed by atoms with van der Waals surface area (Å²) in [6.07, 6.45) is 1.45. The number of nitrogens with one attached hydrogen (secondary N) is 1. The Balaban J connectivity index is 1.72. The molecule has 0 aliphatic heterocycles. The van der Waals surface area contributed by atoms with Crippen LogP contribution in [-0.4, -0.2) is 25.1 Å². The van der Waals surface area contributed by atoms with Crippen LogP contribution < -0.4 is 11.0 Å². The van der Waals surface area contributed by atoms with Crippen LogP contribution in [0.5, 0.6) is 0 Å². The van der Waals surface area contributed by atoms with Gasteiger partial charge in [0.2, 0.25) is 5.91 Å². The van der Waals surface area contributed by atoms with Gasteiger partial charge in [0.1, 0.15) is 17.7 Å². The smallest absolute Gasteiger partial charge is 0.323 e. The van der Waals surface area contributed by atoms with Gasteiger partial charge in [0, 0.05) is 4.88 Å². The molecule has 132 valence electrons. The average molecular weight is 388 g/mol. The first-order valence-corrected chi connectivity index (χ1v) is 9.03. The van der Waals surface area contributed by atoms with E-state index in [-0.39, 0.29) is 12.5 Å². The molecule has 0 aliphatic carbocycles. The molecule has 0 fully saturated rings. The lowest BCUT2D eigenvalue weighted by Crippen LogP contribution is -2.28. The summed E-state index contributed by atoms with van der Waals surface area (Å²) in [4.78, 5) is 31.2. The SMILES string of the molecule is Cc1sc2ncn3c(=O)n(CC(=O)Nc4ccccc4Cl)nc3c2c1C. The van der Waals surface area contributed by atoms with Crippen molar-refractivity contribution >= 4 is 50.4 Å². The van der Waals surface area contributed by atoms with Crippen LogP contribution in [0.15, 0.2) is 35.4 Å². The minimum absolute atomic E-state index is 0.213. The average Bonchev–Trinajstić information content (AvgIpc) is 3.07. The van der Waals surface area contributed by atoms with E-state index in [2.05, 4.69) is 15.4 Å². The third-order valence-electron chi connectivity index (χ3n) is 4.19. The van der Waals surface area contributed by atoms with Gasteiger partial charge in [0.15, 0.2) is 5.65 Å². The Morgan fingerprint density at radius 1 is 1.31 bits per heavy atom. The maximum atomic E-state index is 12.6. The molecule has 3 heterocycles. The van der Waals surface area contributed by atoms with Crippen molar-refractivity contribution in [3.63, 3.8) is 0 Å². The van der Waals surface area contributed by atoms with Gasteiger partial charge in [-0.05, 0) is 31.5 Å². The van der Waals surface area contributed by atoms with Crippen molar-refractivity contribution in [1.29, 1.82) is 0 Å². The standard InChI is InChI=1S/C17H14ClN5O2S/c1-9-10(2)26-16-14(9)15-21-23(17(25)22(15)8-19-16)7-13(24)20-12-6-4-3-5-11(12)18/h3-6,8H,7H2,1-2H3,(H,20,24). The van der Waals surface area contributed by atoms with Crippen molar-refractivity contribution in [3.05, 3.63) is 56.5 Å². The number of carbonyl (C=O) groups excluding carboxylic acids is 1. The molecule has 7 nitrogen and oxygen atoms in total. The molecule has 0 saturated heterocycles. The molecule has 3 aromatic heterocycles. The van der Waals surface area contributed by atoms with Crippen molar-refractivity contribution in [2.75, 3.05) is 5.32 Å². The number of halogens is 1. The van der Waals surface area contributed by atoms with Crippen LogP contribution in [0.25, 0.3) is 15.9 Å². The zero-order valence-electron chi connectivity index (χ0n) is 14.0. The van der Waals surface area contributed by atoms with Crippen LogP contribution in [0, 0.1) is 13.8 Å². The molecule has 9 heteroatoms. The molecule has 0 unspecified atom stereocenters. The van der Waals surface area contributed by atoms with E-state index >= 15 is 0 Å². The minimum atomic E-state index is -0.410. The van der Waals surface area contributed by atoms with E-state index in [1.807, 2.05) is 13.8 Å². The molecular weight excluding hydrogens is 374 g/mol. The molecule has 0 aliphatic rings. The number of hydrogen-bond donors (Lipinski definition) is 1. The van der Waals surface area contributed by atoms with Crippen molar-refractivity contribution < 1.29 is 4.79 Å². The highest BCUT2D eigenvalue weighted by Crippen LogP contribution is 2.30. The van der Waals surface area contributed by atoms with Crippen molar-refractivity contribution in [2.45, 2.75) is 20.4 Å². The zero-order valence-corrected chi connectivity index (χ0v) is 15.6. The number of carbonyl (C=O) groups is 1. The molecule has 0 spiro atoms. The maximum absolute atomic E-state index is 12.6. The highest BCUT2D eigenvalue weighted by Gasteiger charge is 2.17. The number of amides is 1. The van der Waals surface area contributed by atoms with Crippen LogP contribution in [0.2, 0.25) is 5.02 Å². The number of aromatic nitrogens is 4. The van der Waals surface area contributed by atoms with Gasteiger partial charge in [-0.1, -0.05) is 23.7 Å². The summed E-state index contributed by atoms with van der Waals surface area (Å²) < 4.78 is 2.50.